The lowest BCUT2D eigenvalue weighted by atomic mass is 10.1. The number of nitrogens with zero attached hydrogens (tertiary/aromatic N) is 2. The quantitative estimate of drug-likeness (QED) is 0.358. The van der Waals surface area contributed by atoms with Gasteiger partial charge in [0, 0.05) is 30.9 Å². The summed E-state index contributed by atoms with van der Waals surface area (Å²) in [5, 5.41) is 4.69. The Balaban J connectivity index is 1.53. The van der Waals surface area contributed by atoms with Crippen LogP contribution in [-0.2, 0) is 6.18 Å². The second-order valence-electron chi connectivity index (χ2n) is 6.85. The summed E-state index contributed by atoms with van der Waals surface area (Å²) in [7, 11) is 1.49. The minimum Gasteiger partial charge on any atom is -0.457 e. The first kappa shape index (κ1) is 23.5. The van der Waals surface area contributed by atoms with Crippen molar-refractivity contribution in [3.05, 3.63) is 76.6 Å². The molecule has 4 rings (SSSR count). The summed E-state index contributed by atoms with van der Waals surface area (Å²) in [4.78, 5) is 32.5. The van der Waals surface area contributed by atoms with Crippen molar-refractivity contribution in [3.63, 3.8) is 0 Å². The lowest BCUT2D eigenvalue weighted by Gasteiger charge is -2.10. The molecule has 2 amide bonds. The standard InChI is InChI=1S/C22H14ClF3N4O3S/c1-27-20(32)17-9-13(6-7-28-17)33-12-3-5-16-18(10-12)34-21(29-16)30-19(31)11-2-4-15(23)14(8-11)22(24,25)26/h2-10H,1H3,(H,27,32)(H,29,30,31). The fourth-order valence-corrected chi connectivity index (χ4v) is 4.05. The van der Waals surface area contributed by atoms with Gasteiger partial charge in [0.2, 0.25) is 0 Å². The third-order valence-electron chi connectivity index (χ3n) is 4.54. The van der Waals surface area contributed by atoms with Gasteiger partial charge >= 0.3 is 6.18 Å². The summed E-state index contributed by atoms with van der Waals surface area (Å²) in [5.74, 6) is -0.257. The fourth-order valence-electron chi connectivity index (χ4n) is 2.94. The Bertz CT molecular complexity index is 1410. The fraction of sp³-hybridized carbons (Fsp3) is 0.0909. The van der Waals surface area contributed by atoms with E-state index in [2.05, 4.69) is 20.6 Å². The Hall–Kier alpha value is -3.70. The minimum atomic E-state index is -4.68. The molecule has 0 aliphatic heterocycles. The third-order valence-corrected chi connectivity index (χ3v) is 5.80. The highest BCUT2D eigenvalue weighted by Gasteiger charge is 2.33. The topological polar surface area (TPSA) is 93.2 Å². The van der Waals surface area contributed by atoms with Gasteiger partial charge in [-0.2, -0.15) is 13.2 Å². The molecule has 2 aromatic carbocycles. The Kier molecular flexibility index (Phi) is 6.40. The van der Waals surface area contributed by atoms with E-state index in [-0.39, 0.29) is 22.3 Å². The van der Waals surface area contributed by atoms with Crippen LogP contribution in [0.5, 0.6) is 11.5 Å². The number of thiazole rings is 1. The van der Waals surface area contributed by atoms with Gasteiger partial charge in [-0.05, 0) is 36.4 Å². The molecule has 2 N–H and O–H groups in total. The molecule has 0 radical (unpaired) electrons. The van der Waals surface area contributed by atoms with E-state index in [1.54, 1.807) is 24.3 Å². The molecule has 0 spiro atoms. The summed E-state index contributed by atoms with van der Waals surface area (Å²) in [6.07, 6.45) is -3.24. The Morgan fingerprint density at radius 2 is 1.79 bits per heavy atom. The number of amides is 2. The van der Waals surface area contributed by atoms with Crippen molar-refractivity contribution in [2.75, 3.05) is 12.4 Å². The van der Waals surface area contributed by atoms with Gasteiger partial charge in [0.1, 0.15) is 17.2 Å². The monoisotopic (exact) mass is 506 g/mol. The van der Waals surface area contributed by atoms with Crippen molar-refractivity contribution in [2.45, 2.75) is 6.18 Å². The average molecular weight is 507 g/mol. The zero-order valence-electron chi connectivity index (χ0n) is 17.2. The summed E-state index contributed by atoms with van der Waals surface area (Å²) < 4.78 is 45.7. The van der Waals surface area contributed by atoms with Crippen molar-refractivity contribution in [1.29, 1.82) is 0 Å². The van der Waals surface area contributed by atoms with E-state index in [1.165, 1.54) is 25.4 Å². The third kappa shape index (κ3) is 5.10. The number of aromatic nitrogens is 2. The van der Waals surface area contributed by atoms with E-state index in [0.717, 1.165) is 17.4 Å². The number of benzene rings is 2. The van der Waals surface area contributed by atoms with Gasteiger partial charge < -0.3 is 10.1 Å². The average Bonchev–Trinajstić information content (AvgIpc) is 3.19. The largest absolute Gasteiger partial charge is 0.457 e. The maximum absolute atomic E-state index is 13.1. The van der Waals surface area contributed by atoms with Crippen LogP contribution in [-0.4, -0.2) is 28.8 Å². The molecule has 0 atom stereocenters. The number of ether oxygens (including phenoxy) is 1. The van der Waals surface area contributed by atoms with E-state index in [1.807, 2.05) is 0 Å². The number of pyridine rings is 1. The molecule has 0 aliphatic rings. The van der Waals surface area contributed by atoms with Crippen LogP contribution in [0.4, 0.5) is 18.3 Å². The Morgan fingerprint density at radius 1 is 1.03 bits per heavy atom. The molecule has 12 heteroatoms. The number of nitrogens with one attached hydrogen (secondary N) is 2. The molecule has 0 unspecified atom stereocenters. The van der Waals surface area contributed by atoms with Gasteiger partial charge in [0.05, 0.1) is 20.8 Å². The molecule has 0 aliphatic carbocycles. The van der Waals surface area contributed by atoms with Crippen LogP contribution < -0.4 is 15.4 Å². The van der Waals surface area contributed by atoms with E-state index in [9.17, 15) is 22.8 Å². The van der Waals surface area contributed by atoms with Gasteiger partial charge in [-0.15, -0.1) is 0 Å². The van der Waals surface area contributed by atoms with Crippen molar-refractivity contribution < 1.29 is 27.5 Å². The van der Waals surface area contributed by atoms with Crippen LogP contribution in [0.15, 0.2) is 54.7 Å². The Labute approximate surface area is 199 Å². The lowest BCUT2D eigenvalue weighted by Crippen LogP contribution is -2.18. The van der Waals surface area contributed by atoms with Crippen LogP contribution in [0, 0.1) is 0 Å². The zero-order valence-corrected chi connectivity index (χ0v) is 18.8. The van der Waals surface area contributed by atoms with Gasteiger partial charge in [-0.25, -0.2) is 4.98 Å². The number of alkyl halides is 3. The highest BCUT2D eigenvalue weighted by Crippen LogP contribution is 2.36. The Morgan fingerprint density at radius 3 is 2.53 bits per heavy atom. The molecule has 34 heavy (non-hydrogen) atoms. The number of halogens is 4. The predicted octanol–water partition coefficient (Wildman–Crippen LogP) is 5.77. The number of anilines is 1. The maximum atomic E-state index is 13.1. The van der Waals surface area contributed by atoms with E-state index in [0.29, 0.717) is 27.8 Å². The molecule has 2 aromatic heterocycles. The van der Waals surface area contributed by atoms with Crippen LogP contribution in [0.3, 0.4) is 0 Å². The SMILES string of the molecule is CNC(=O)c1cc(Oc2ccc3nc(NC(=O)c4ccc(Cl)c(C(F)(F)F)c4)sc3c2)ccn1. The first-order chi connectivity index (χ1) is 16.1. The smallest absolute Gasteiger partial charge is 0.417 e. The first-order valence-electron chi connectivity index (χ1n) is 9.59. The van der Waals surface area contributed by atoms with Crippen molar-refractivity contribution >= 4 is 50.1 Å². The number of hydrogen-bond acceptors (Lipinski definition) is 6. The molecular weight excluding hydrogens is 493 g/mol. The summed E-state index contributed by atoms with van der Waals surface area (Å²) in [6, 6.07) is 11.0. The number of rotatable bonds is 5. The molecule has 0 fully saturated rings. The first-order valence-corrected chi connectivity index (χ1v) is 10.8. The summed E-state index contributed by atoms with van der Waals surface area (Å²) >= 11 is 6.73. The van der Waals surface area contributed by atoms with Crippen LogP contribution >= 0.6 is 22.9 Å². The van der Waals surface area contributed by atoms with Crippen LogP contribution in [0.1, 0.15) is 26.4 Å². The molecule has 7 nitrogen and oxygen atoms in total. The van der Waals surface area contributed by atoms with E-state index in [4.69, 9.17) is 16.3 Å². The molecule has 4 aromatic rings. The number of carbonyl (C=O) groups excluding carboxylic acids is 2. The van der Waals surface area contributed by atoms with Gasteiger partial charge in [0.25, 0.3) is 11.8 Å². The van der Waals surface area contributed by atoms with Crippen molar-refractivity contribution in [2.24, 2.45) is 0 Å². The van der Waals surface area contributed by atoms with Crippen LogP contribution in [0.2, 0.25) is 5.02 Å². The second kappa shape index (κ2) is 9.27. The molecule has 0 bridgehead atoms. The van der Waals surface area contributed by atoms with Crippen LogP contribution in [0.25, 0.3) is 10.2 Å². The van der Waals surface area contributed by atoms with Crippen molar-refractivity contribution in [3.8, 4) is 11.5 Å². The molecule has 0 saturated carbocycles. The van der Waals surface area contributed by atoms with E-state index < -0.39 is 22.7 Å². The highest BCUT2D eigenvalue weighted by atomic mass is 35.5. The van der Waals surface area contributed by atoms with Gasteiger partial charge in [-0.3, -0.25) is 19.9 Å². The summed E-state index contributed by atoms with van der Waals surface area (Å²) in [5.41, 5.74) is -0.548. The molecule has 0 saturated heterocycles. The number of fused-ring (bicyclic) bond motifs is 1. The summed E-state index contributed by atoms with van der Waals surface area (Å²) in [6.45, 7) is 0. The highest BCUT2D eigenvalue weighted by molar-refractivity contribution is 7.22. The van der Waals surface area contributed by atoms with Gasteiger partial charge in [-0.1, -0.05) is 22.9 Å². The lowest BCUT2D eigenvalue weighted by molar-refractivity contribution is -0.137. The van der Waals surface area contributed by atoms with Gasteiger partial charge in [0.15, 0.2) is 5.13 Å². The number of hydrogen-bond donors (Lipinski definition) is 2. The molecule has 2 heterocycles. The predicted molar refractivity (Wildman–Crippen MR) is 122 cm³/mol. The zero-order chi connectivity index (χ0) is 24.5. The molecular formula is C22H14ClF3N4O3S. The maximum Gasteiger partial charge on any atom is 0.417 e. The minimum absolute atomic E-state index is 0.194. The van der Waals surface area contributed by atoms with Crippen molar-refractivity contribution in [1.82, 2.24) is 15.3 Å². The number of carbonyl (C=O) groups is 2. The second-order valence-corrected chi connectivity index (χ2v) is 8.29. The molecule has 174 valence electrons. The van der Waals surface area contributed by atoms with E-state index >= 15 is 0 Å². The normalized spacial score (nSPS) is 11.3.